The van der Waals surface area contributed by atoms with Gasteiger partial charge in [-0.25, -0.2) is 0 Å². The van der Waals surface area contributed by atoms with Crippen LogP contribution in [0.1, 0.15) is 0 Å². The summed E-state index contributed by atoms with van der Waals surface area (Å²) in [6.07, 6.45) is 0. The van der Waals surface area contributed by atoms with Crippen molar-refractivity contribution >= 4 is 82.9 Å². The number of anilines is 3. The van der Waals surface area contributed by atoms with E-state index in [-0.39, 0.29) is 0 Å². The first kappa shape index (κ1) is 32.4. The standard InChI is InChI=1S/C54H33NO3/c1-2-12-34(13-3-1)39-32-33-47(54-51(39)46-16-6-9-23-50(46)58-54)55(37-28-24-35(25-29-37)40-17-10-19-44-42-14-4-7-21-48(42)56-52(40)44)38-30-26-36(27-31-38)41-18-11-20-45-43-15-5-8-22-49(43)57-53(41)45/h1-33H. The summed E-state index contributed by atoms with van der Waals surface area (Å²) in [5, 5.41) is 6.64. The molecule has 9 aromatic carbocycles. The van der Waals surface area contributed by atoms with Gasteiger partial charge in [-0.1, -0.05) is 152 Å². The third-order valence-corrected chi connectivity index (χ3v) is 11.5. The van der Waals surface area contributed by atoms with Gasteiger partial charge in [0.2, 0.25) is 0 Å². The molecular weight excluding hydrogens is 711 g/mol. The van der Waals surface area contributed by atoms with Crippen molar-refractivity contribution in [2.75, 3.05) is 4.90 Å². The minimum Gasteiger partial charge on any atom is -0.455 e. The van der Waals surface area contributed by atoms with Gasteiger partial charge in [0.05, 0.1) is 5.69 Å². The maximum atomic E-state index is 6.84. The molecule has 12 aromatic rings. The highest BCUT2D eigenvalue weighted by atomic mass is 16.3. The quantitative estimate of drug-likeness (QED) is 0.170. The number of furan rings is 3. The second-order valence-corrected chi connectivity index (χ2v) is 14.8. The first-order chi connectivity index (χ1) is 28.8. The minimum absolute atomic E-state index is 0.829. The molecule has 0 aliphatic heterocycles. The van der Waals surface area contributed by atoms with Crippen LogP contribution in [0.2, 0.25) is 0 Å². The lowest BCUT2D eigenvalue weighted by Gasteiger charge is -2.26. The summed E-state index contributed by atoms with van der Waals surface area (Å²) < 4.78 is 19.7. The van der Waals surface area contributed by atoms with Crippen LogP contribution < -0.4 is 4.90 Å². The summed E-state index contributed by atoms with van der Waals surface area (Å²) in [4.78, 5) is 2.30. The lowest BCUT2D eigenvalue weighted by Crippen LogP contribution is -2.10. The molecule has 0 amide bonds. The smallest absolute Gasteiger partial charge is 0.160 e. The van der Waals surface area contributed by atoms with Crippen LogP contribution in [0.15, 0.2) is 213 Å². The Labute approximate surface area is 333 Å². The second kappa shape index (κ2) is 12.9. The normalized spacial score (nSPS) is 11.8. The van der Waals surface area contributed by atoms with Crippen LogP contribution in [0.5, 0.6) is 0 Å². The maximum absolute atomic E-state index is 6.84. The third-order valence-electron chi connectivity index (χ3n) is 11.5. The molecule has 3 aromatic heterocycles. The van der Waals surface area contributed by atoms with Gasteiger partial charge in [0.25, 0.3) is 0 Å². The van der Waals surface area contributed by atoms with E-state index >= 15 is 0 Å². The van der Waals surface area contributed by atoms with Gasteiger partial charge in [0.15, 0.2) is 5.58 Å². The van der Waals surface area contributed by atoms with Crippen LogP contribution in [0.3, 0.4) is 0 Å². The highest BCUT2D eigenvalue weighted by Gasteiger charge is 2.23. The van der Waals surface area contributed by atoms with Crippen molar-refractivity contribution in [1.82, 2.24) is 0 Å². The van der Waals surface area contributed by atoms with Crippen LogP contribution in [-0.4, -0.2) is 0 Å². The average molecular weight is 744 g/mol. The van der Waals surface area contributed by atoms with Gasteiger partial charge in [-0.3, -0.25) is 0 Å². The molecule has 0 spiro atoms. The molecule has 0 atom stereocenters. The molecule has 0 aliphatic rings. The fraction of sp³-hybridized carbons (Fsp3) is 0. The van der Waals surface area contributed by atoms with E-state index in [1.165, 1.54) is 0 Å². The van der Waals surface area contributed by atoms with Gasteiger partial charge >= 0.3 is 0 Å². The van der Waals surface area contributed by atoms with E-state index in [4.69, 9.17) is 13.3 Å². The Balaban J connectivity index is 1.04. The minimum atomic E-state index is 0.829. The average Bonchev–Trinajstić information content (AvgIpc) is 3.99. The van der Waals surface area contributed by atoms with Gasteiger partial charge < -0.3 is 18.2 Å². The number of hydrogen-bond donors (Lipinski definition) is 0. The van der Waals surface area contributed by atoms with Crippen molar-refractivity contribution in [2.24, 2.45) is 0 Å². The zero-order valence-electron chi connectivity index (χ0n) is 31.2. The van der Waals surface area contributed by atoms with Crippen molar-refractivity contribution in [3.05, 3.63) is 200 Å². The van der Waals surface area contributed by atoms with Crippen LogP contribution in [0.4, 0.5) is 17.1 Å². The first-order valence-electron chi connectivity index (χ1n) is 19.6. The van der Waals surface area contributed by atoms with Gasteiger partial charge in [0, 0.05) is 54.8 Å². The van der Waals surface area contributed by atoms with Gasteiger partial charge in [-0.15, -0.1) is 0 Å². The molecule has 0 fully saturated rings. The Hall–Kier alpha value is -7.82. The monoisotopic (exact) mass is 743 g/mol. The van der Waals surface area contributed by atoms with Crippen molar-refractivity contribution in [3.63, 3.8) is 0 Å². The van der Waals surface area contributed by atoms with Crippen molar-refractivity contribution in [3.8, 4) is 33.4 Å². The summed E-state index contributed by atoms with van der Waals surface area (Å²) in [5.41, 5.74) is 14.8. The predicted molar refractivity (Wildman–Crippen MR) is 239 cm³/mol. The first-order valence-corrected chi connectivity index (χ1v) is 19.6. The molecular formula is C54H33NO3. The van der Waals surface area contributed by atoms with Crippen molar-refractivity contribution < 1.29 is 13.3 Å². The highest BCUT2D eigenvalue weighted by molar-refractivity contribution is 6.17. The van der Waals surface area contributed by atoms with Crippen LogP contribution in [-0.2, 0) is 0 Å². The van der Waals surface area contributed by atoms with E-state index in [9.17, 15) is 0 Å². The molecule has 4 nitrogen and oxygen atoms in total. The van der Waals surface area contributed by atoms with E-state index in [2.05, 4.69) is 175 Å². The summed E-state index contributed by atoms with van der Waals surface area (Å²) in [6, 6.07) is 70.1. The van der Waals surface area contributed by atoms with E-state index in [1.807, 2.05) is 30.3 Å². The fourth-order valence-corrected chi connectivity index (χ4v) is 8.81. The Kier molecular flexibility index (Phi) is 7.20. The second-order valence-electron chi connectivity index (χ2n) is 14.8. The Morgan fingerprint density at radius 1 is 0.276 bits per heavy atom. The third kappa shape index (κ3) is 5.02. The van der Waals surface area contributed by atoms with E-state index < -0.39 is 0 Å². The number of para-hydroxylation sites is 5. The van der Waals surface area contributed by atoms with Crippen molar-refractivity contribution in [2.45, 2.75) is 0 Å². The van der Waals surface area contributed by atoms with E-state index in [0.717, 1.165) is 116 Å². The molecule has 272 valence electrons. The topological polar surface area (TPSA) is 42.7 Å². The number of hydrogen-bond acceptors (Lipinski definition) is 4. The summed E-state index contributed by atoms with van der Waals surface area (Å²) in [5.74, 6) is 0. The van der Waals surface area contributed by atoms with E-state index in [1.54, 1.807) is 0 Å². The fourth-order valence-electron chi connectivity index (χ4n) is 8.81. The number of rotatable bonds is 6. The Morgan fingerprint density at radius 2 is 0.707 bits per heavy atom. The summed E-state index contributed by atoms with van der Waals surface area (Å²) >= 11 is 0. The molecule has 0 bridgehead atoms. The zero-order valence-corrected chi connectivity index (χ0v) is 31.2. The lowest BCUT2D eigenvalue weighted by atomic mass is 9.97. The SMILES string of the molecule is c1ccc(-c2ccc(N(c3ccc(-c4cccc5c4oc4ccccc45)cc3)c3ccc(-c4cccc5c4oc4ccccc45)cc3)c3oc4ccccc4c23)cc1. The molecule has 3 heterocycles. The molecule has 0 aliphatic carbocycles. The molecule has 4 heteroatoms. The molecule has 12 rings (SSSR count). The molecule has 58 heavy (non-hydrogen) atoms. The Bertz CT molecular complexity index is 3340. The molecule has 0 saturated carbocycles. The van der Waals surface area contributed by atoms with Crippen LogP contribution in [0.25, 0.3) is 99.2 Å². The summed E-state index contributed by atoms with van der Waals surface area (Å²) in [6.45, 7) is 0. The number of nitrogens with zero attached hydrogens (tertiary/aromatic N) is 1. The molecule has 0 radical (unpaired) electrons. The van der Waals surface area contributed by atoms with Crippen molar-refractivity contribution in [1.29, 1.82) is 0 Å². The van der Waals surface area contributed by atoms with Crippen LogP contribution >= 0.6 is 0 Å². The molecule has 0 saturated heterocycles. The largest absolute Gasteiger partial charge is 0.455 e. The van der Waals surface area contributed by atoms with E-state index in [0.29, 0.717) is 0 Å². The summed E-state index contributed by atoms with van der Waals surface area (Å²) in [7, 11) is 0. The zero-order chi connectivity index (χ0) is 38.2. The number of fused-ring (bicyclic) bond motifs is 9. The Morgan fingerprint density at radius 3 is 1.26 bits per heavy atom. The molecule has 0 unspecified atom stereocenters. The predicted octanol–water partition coefficient (Wildman–Crippen LogP) is 15.9. The van der Waals surface area contributed by atoms with Gasteiger partial charge in [-0.2, -0.15) is 0 Å². The van der Waals surface area contributed by atoms with Gasteiger partial charge in [0.1, 0.15) is 27.9 Å². The van der Waals surface area contributed by atoms with Crippen LogP contribution in [0, 0.1) is 0 Å². The number of benzene rings is 9. The van der Waals surface area contributed by atoms with Gasteiger partial charge in [-0.05, 0) is 70.8 Å². The highest BCUT2D eigenvalue weighted by Crippen LogP contribution is 2.47. The lowest BCUT2D eigenvalue weighted by molar-refractivity contribution is 0.669. The molecule has 0 N–H and O–H groups in total. The maximum Gasteiger partial charge on any atom is 0.160 e.